The van der Waals surface area contributed by atoms with Gasteiger partial charge in [-0.05, 0) is 42.3 Å². The molecule has 4 rings (SSSR count). The third-order valence-electron chi connectivity index (χ3n) is 4.85. The maximum Gasteiger partial charge on any atom is 0.276 e. The molecule has 4 aromatic rings. The normalized spacial score (nSPS) is 11.7. The lowest BCUT2D eigenvalue weighted by Crippen LogP contribution is -2.35. The van der Waals surface area contributed by atoms with E-state index < -0.39 is 23.2 Å². The van der Waals surface area contributed by atoms with Crippen molar-refractivity contribution in [1.29, 1.82) is 0 Å². The van der Waals surface area contributed by atoms with Crippen LogP contribution in [-0.4, -0.2) is 20.7 Å². The molecule has 0 spiro atoms. The van der Waals surface area contributed by atoms with Crippen LogP contribution in [0.2, 0.25) is 0 Å². The number of para-hydroxylation sites is 1. The first kappa shape index (κ1) is 20.2. The number of pyridine rings is 1. The molecule has 0 saturated heterocycles. The van der Waals surface area contributed by atoms with Gasteiger partial charge in [-0.2, -0.15) is 5.10 Å². The largest absolute Gasteiger partial charge is 0.340 e. The van der Waals surface area contributed by atoms with E-state index in [-0.39, 0.29) is 11.4 Å². The van der Waals surface area contributed by atoms with E-state index in [4.69, 9.17) is 0 Å². The molecule has 31 heavy (non-hydrogen) atoms. The summed E-state index contributed by atoms with van der Waals surface area (Å²) in [6.07, 6.45) is 3.26. The first-order valence-electron chi connectivity index (χ1n) is 9.66. The summed E-state index contributed by atoms with van der Waals surface area (Å²) in [6.45, 7) is 1.63. The zero-order valence-electron chi connectivity index (χ0n) is 16.7. The van der Waals surface area contributed by atoms with Crippen LogP contribution in [-0.2, 0) is 0 Å². The summed E-state index contributed by atoms with van der Waals surface area (Å²) in [5.74, 6) is -1.16. The molecule has 6 nitrogen and oxygen atoms in total. The number of aryl methyl sites for hydroxylation is 1. The van der Waals surface area contributed by atoms with Gasteiger partial charge in [-0.1, -0.05) is 42.5 Å². The third-order valence-corrected chi connectivity index (χ3v) is 4.85. The van der Waals surface area contributed by atoms with Crippen molar-refractivity contribution in [2.45, 2.75) is 13.0 Å². The van der Waals surface area contributed by atoms with E-state index >= 15 is 0 Å². The number of carbonyl (C=O) groups is 1. The fourth-order valence-corrected chi connectivity index (χ4v) is 3.33. The van der Waals surface area contributed by atoms with Crippen LogP contribution in [0.25, 0.3) is 5.69 Å². The molecular formula is C24H19FN4O2. The number of rotatable bonds is 5. The summed E-state index contributed by atoms with van der Waals surface area (Å²) in [6, 6.07) is 19.8. The standard InChI is InChI=1S/C24H19FN4O2/c1-16-15-21(30)23(28-29(16)20-10-6-5-9-19(20)25)24(31)27-22(17-7-3-2-4-8-17)18-11-13-26-14-12-18/h2-15,22H,1H3,(H,27,31). The number of halogens is 1. The van der Waals surface area contributed by atoms with Gasteiger partial charge in [0.1, 0.15) is 11.5 Å². The summed E-state index contributed by atoms with van der Waals surface area (Å²) in [5, 5.41) is 7.07. The maximum atomic E-state index is 14.3. The summed E-state index contributed by atoms with van der Waals surface area (Å²) in [4.78, 5) is 29.7. The molecule has 0 aliphatic rings. The van der Waals surface area contributed by atoms with Crippen molar-refractivity contribution >= 4 is 5.91 Å². The highest BCUT2D eigenvalue weighted by Gasteiger charge is 2.22. The number of nitrogens with one attached hydrogen (secondary N) is 1. The Morgan fingerprint density at radius 1 is 0.968 bits per heavy atom. The number of hydrogen-bond acceptors (Lipinski definition) is 4. The van der Waals surface area contributed by atoms with E-state index in [0.717, 1.165) is 11.1 Å². The van der Waals surface area contributed by atoms with Crippen LogP contribution in [0.1, 0.15) is 33.4 Å². The smallest absolute Gasteiger partial charge is 0.276 e. The Hall–Kier alpha value is -4.13. The van der Waals surface area contributed by atoms with Crippen LogP contribution < -0.4 is 10.7 Å². The molecule has 0 fully saturated rings. The zero-order chi connectivity index (χ0) is 21.8. The predicted octanol–water partition coefficient (Wildman–Crippen LogP) is 3.59. The number of benzene rings is 2. The molecule has 1 amide bonds. The Balaban J connectivity index is 1.74. The fourth-order valence-electron chi connectivity index (χ4n) is 3.33. The number of aromatic nitrogens is 3. The molecule has 0 aliphatic heterocycles. The lowest BCUT2D eigenvalue weighted by molar-refractivity contribution is 0.0935. The van der Waals surface area contributed by atoms with Gasteiger partial charge in [0.2, 0.25) is 5.43 Å². The van der Waals surface area contributed by atoms with E-state index in [9.17, 15) is 14.0 Å². The van der Waals surface area contributed by atoms with E-state index in [1.807, 2.05) is 30.3 Å². The van der Waals surface area contributed by atoms with Gasteiger partial charge in [-0.3, -0.25) is 14.6 Å². The van der Waals surface area contributed by atoms with Gasteiger partial charge in [0, 0.05) is 24.2 Å². The maximum absolute atomic E-state index is 14.3. The molecule has 154 valence electrons. The van der Waals surface area contributed by atoms with Gasteiger partial charge < -0.3 is 5.32 Å². The van der Waals surface area contributed by atoms with Gasteiger partial charge in [0.15, 0.2) is 5.69 Å². The molecule has 2 aromatic heterocycles. The molecule has 0 radical (unpaired) electrons. The third kappa shape index (κ3) is 4.25. The highest BCUT2D eigenvalue weighted by atomic mass is 19.1. The number of nitrogens with zero attached hydrogens (tertiary/aromatic N) is 3. The van der Waals surface area contributed by atoms with Gasteiger partial charge in [-0.25, -0.2) is 9.07 Å². The Kier molecular flexibility index (Phi) is 5.66. The van der Waals surface area contributed by atoms with Crippen molar-refractivity contribution in [3.05, 3.63) is 124 Å². The molecule has 1 unspecified atom stereocenters. The van der Waals surface area contributed by atoms with E-state index in [1.165, 1.54) is 22.9 Å². The van der Waals surface area contributed by atoms with Crippen LogP contribution in [0, 0.1) is 12.7 Å². The second-order valence-corrected chi connectivity index (χ2v) is 6.96. The molecule has 2 aromatic carbocycles. The Labute approximate surface area is 178 Å². The molecule has 0 bridgehead atoms. The van der Waals surface area contributed by atoms with E-state index in [2.05, 4.69) is 15.4 Å². The van der Waals surface area contributed by atoms with Crippen molar-refractivity contribution < 1.29 is 9.18 Å². The second kappa shape index (κ2) is 8.71. The quantitative estimate of drug-likeness (QED) is 0.541. The minimum Gasteiger partial charge on any atom is -0.340 e. The average molecular weight is 414 g/mol. The summed E-state index contributed by atoms with van der Waals surface area (Å²) >= 11 is 0. The van der Waals surface area contributed by atoms with Crippen molar-refractivity contribution in [3.8, 4) is 5.69 Å². The number of carbonyl (C=O) groups excluding carboxylic acids is 1. The van der Waals surface area contributed by atoms with Crippen molar-refractivity contribution in [2.75, 3.05) is 0 Å². The summed E-state index contributed by atoms with van der Waals surface area (Å²) < 4.78 is 15.6. The highest BCUT2D eigenvalue weighted by molar-refractivity contribution is 5.92. The number of hydrogen-bond donors (Lipinski definition) is 1. The predicted molar refractivity (Wildman–Crippen MR) is 115 cm³/mol. The Morgan fingerprint density at radius 3 is 2.32 bits per heavy atom. The van der Waals surface area contributed by atoms with Crippen LogP contribution in [0.4, 0.5) is 4.39 Å². The van der Waals surface area contributed by atoms with Crippen LogP contribution in [0.3, 0.4) is 0 Å². The molecule has 2 heterocycles. The van der Waals surface area contributed by atoms with Crippen molar-refractivity contribution in [3.63, 3.8) is 0 Å². The van der Waals surface area contributed by atoms with Crippen LogP contribution in [0.15, 0.2) is 90.0 Å². The van der Waals surface area contributed by atoms with E-state index in [0.29, 0.717) is 5.69 Å². The van der Waals surface area contributed by atoms with Gasteiger partial charge in [0.25, 0.3) is 5.91 Å². The molecule has 0 saturated carbocycles. The Bertz CT molecular complexity index is 1230. The fraction of sp³-hybridized carbons (Fsp3) is 0.0833. The Morgan fingerprint density at radius 2 is 1.61 bits per heavy atom. The summed E-state index contributed by atoms with van der Waals surface area (Å²) in [7, 11) is 0. The zero-order valence-corrected chi connectivity index (χ0v) is 16.7. The molecule has 0 aliphatic carbocycles. The van der Waals surface area contributed by atoms with Gasteiger partial charge in [-0.15, -0.1) is 0 Å². The molecular weight excluding hydrogens is 395 g/mol. The van der Waals surface area contributed by atoms with Gasteiger partial charge in [0.05, 0.1) is 6.04 Å². The molecule has 7 heteroatoms. The average Bonchev–Trinajstić information content (AvgIpc) is 2.79. The lowest BCUT2D eigenvalue weighted by Gasteiger charge is -2.20. The SMILES string of the molecule is Cc1cc(=O)c(C(=O)NC(c2ccccc2)c2ccncc2)nn1-c1ccccc1F. The van der Waals surface area contributed by atoms with Crippen LogP contribution in [0.5, 0.6) is 0 Å². The minimum atomic E-state index is -0.652. The second-order valence-electron chi connectivity index (χ2n) is 6.96. The first-order chi connectivity index (χ1) is 15.0. The van der Waals surface area contributed by atoms with Crippen molar-refractivity contribution in [1.82, 2.24) is 20.1 Å². The minimum absolute atomic E-state index is 0.155. The monoisotopic (exact) mass is 414 g/mol. The number of amides is 1. The van der Waals surface area contributed by atoms with Gasteiger partial charge >= 0.3 is 0 Å². The molecule has 1 N–H and O–H groups in total. The summed E-state index contributed by atoms with van der Waals surface area (Å²) in [5.41, 5.74) is 1.36. The topological polar surface area (TPSA) is 76.9 Å². The molecule has 1 atom stereocenters. The first-order valence-corrected chi connectivity index (χ1v) is 9.66. The van der Waals surface area contributed by atoms with Crippen LogP contribution >= 0.6 is 0 Å². The highest BCUT2D eigenvalue weighted by Crippen LogP contribution is 2.21. The van der Waals surface area contributed by atoms with E-state index in [1.54, 1.807) is 43.6 Å². The lowest BCUT2D eigenvalue weighted by atomic mass is 9.99. The van der Waals surface area contributed by atoms with Crippen molar-refractivity contribution in [2.24, 2.45) is 0 Å².